The zero-order valence-electron chi connectivity index (χ0n) is 10.1. The van der Waals surface area contributed by atoms with Gasteiger partial charge in [0.1, 0.15) is 0 Å². The van der Waals surface area contributed by atoms with Gasteiger partial charge in [-0.2, -0.15) is 0 Å². The third kappa shape index (κ3) is 6.10. The Balaban J connectivity index is 3.99. The molecule has 15 heavy (non-hydrogen) atoms. The molecule has 0 saturated heterocycles. The monoisotopic (exact) mass is 214 g/mol. The fourth-order valence-corrected chi connectivity index (χ4v) is 1.43. The van der Waals surface area contributed by atoms with Crippen molar-refractivity contribution in [3.05, 3.63) is 0 Å². The highest BCUT2D eigenvalue weighted by atomic mass is 16.2. The van der Waals surface area contributed by atoms with Gasteiger partial charge in [0.05, 0.1) is 6.54 Å². The van der Waals surface area contributed by atoms with Crippen molar-refractivity contribution in [2.45, 2.75) is 33.6 Å². The molecule has 0 aliphatic carbocycles. The van der Waals surface area contributed by atoms with Gasteiger partial charge in [-0.1, -0.05) is 20.8 Å². The third-order valence-corrected chi connectivity index (χ3v) is 2.32. The number of carbonyl (C=O) groups excluding carboxylic acids is 2. The normalized spacial score (nSPS) is 12.3. The summed E-state index contributed by atoms with van der Waals surface area (Å²) in [5.74, 6) is 0.341. The molecule has 0 unspecified atom stereocenters. The van der Waals surface area contributed by atoms with E-state index in [0.717, 1.165) is 12.8 Å². The highest BCUT2D eigenvalue weighted by Crippen LogP contribution is 2.14. The molecule has 0 aliphatic heterocycles. The van der Waals surface area contributed by atoms with Crippen molar-refractivity contribution in [3.8, 4) is 0 Å². The number of amides is 2. The molecule has 0 saturated carbocycles. The summed E-state index contributed by atoms with van der Waals surface area (Å²) in [4.78, 5) is 22.6. The van der Waals surface area contributed by atoms with Crippen LogP contribution in [0, 0.1) is 11.8 Å². The van der Waals surface area contributed by atoms with Crippen LogP contribution in [0.2, 0.25) is 0 Å². The molecule has 0 aromatic heterocycles. The Kier molecular flexibility index (Phi) is 6.75. The van der Waals surface area contributed by atoms with Gasteiger partial charge in [-0.15, -0.1) is 0 Å². The number of carbonyl (C=O) groups is 2. The van der Waals surface area contributed by atoms with Crippen LogP contribution in [0.4, 0.5) is 0 Å². The summed E-state index contributed by atoms with van der Waals surface area (Å²) in [5, 5.41) is 5.10. The van der Waals surface area contributed by atoms with Gasteiger partial charge >= 0.3 is 0 Å². The maximum Gasteiger partial charge on any atom is 0.239 e. The fourth-order valence-electron chi connectivity index (χ4n) is 1.43. The molecule has 0 bridgehead atoms. The van der Waals surface area contributed by atoms with Crippen molar-refractivity contribution in [3.63, 3.8) is 0 Å². The van der Waals surface area contributed by atoms with Gasteiger partial charge in [0.2, 0.25) is 11.8 Å². The molecule has 88 valence electrons. The molecule has 1 atom stereocenters. The average Bonchev–Trinajstić information content (AvgIpc) is 2.21. The summed E-state index contributed by atoms with van der Waals surface area (Å²) >= 11 is 0. The second-order valence-electron chi connectivity index (χ2n) is 4.13. The van der Waals surface area contributed by atoms with Crippen molar-refractivity contribution in [2.24, 2.45) is 11.8 Å². The van der Waals surface area contributed by atoms with Gasteiger partial charge in [0.15, 0.2) is 0 Å². The first-order chi connectivity index (χ1) is 7.01. The van der Waals surface area contributed by atoms with Crippen LogP contribution in [0.5, 0.6) is 0 Å². The molecule has 4 heteroatoms. The van der Waals surface area contributed by atoms with Crippen molar-refractivity contribution < 1.29 is 9.59 Å². The second-order valence-corrected chi connectivity index (χ2v) is 4.13. The minimum absolute atomic E-state index is 0.0187. The fraction of sp³-hybridized carbons (Fsp3) is 0.818. The summed E-state index contributed by atoms with van der Waals surface area (Å²) < 4.78 is 0. The summed E-state index contributed by atoms with van der Waals surface area (Å²) in [6, 6.07) is 0. The Labute approximate surface area is 91.8 Å². The SMILES string of the molecule is CC[C@@H](CC(C)C)C(=O)NCC(=O)NC. The molecule has 0 heterocycles. The minimum atomic E-state index is -0.164. The maximum atomic E-state index is 11.6. The lowest BCUT2D eigenvalue weighted by atomic mass is 9.94. The molecular formula is C11H22N2O2. The van der Waals surface area contributed by atoms with E-state index in [-0.39, 0.29) is 24.3 Å². The van der Waals surface area contributed by atoms with Crippen LogP contribution in [0.15, 0.2) is 0 Å². The molecule has 0 aromatic carbocycles. The van der Waals surface area contributed by atoms with Gasteiger partial charge in [0.25, 0.3) is 0 Å². The first-order valence-electron chi connectivity index (χ1n) is 5.49. The highest BCUT2D eigenvalue weighted by Gasteiger charge is 2.17. The summed E-state index contributed by atoms with van der Waals surface area (Å²) in [6.07, 6.45) is 1.69. The standard InChI is InChI=1S/C11H22N2O2/c1-5-9(6-8(2)3)11(15)13-7-10(14)12-4/h8-9H,5-7H2,1-4H3,(H,12,14)(H,13,15)/t9-/m0/s1. The Morgan fingerprint density at radius 2 is 1.87 bits per heavy atom. The van der Waals surface area contributed by atoms with E-state index in [4.69, 9.17) is 0 Å². The summed E-state index contributed by atoms with van der Waals surface area (Å²) in [5.41, 5.74) is 0. The van der Waals surface area contributed by atoms with Crippen molar-refractivity contribution in [1.82, 2.24) is 10.6 Å². The predicted molar refractivity (Wildman–Crippen MR) is 60.3 cm³/mol. The van der Waals surface area contributed by atoms with Gasteiger partial charge in [-0.05, 0) is 18.8 Å². The number of hydrogen-bond acceptors (Lipinski definition) is 2. The molecule has 2 N–H and O–H groups in total. The molecule has 0 aromatic rings. The van der Waals surface area contributed by atoms with Crippen molar-refractivity contribution in [1.29, 1.82) is 0 Å². The maximum absolute atomic E-state index is 11.6. The zero-order chi connectivity index (χ0) is 11.8. The topological polar surface area (TPSA) is 58.2 Å². The van der Waals surface area contributed by atoms with E-state index in [1.807, 2.05) is 6.92 Å². The molecule has 0 aliphatic rings. The number of likely N-dealkylation sites (N-methyl/N-ethyl adjacent to an activating group) is 1. The van der Waals surface area contributed by atoms with Gasteiger partial charge in [-0.3, -0.25) is 9.59 Å². The van der Waals surface area contributed by atoms with E-state index in [9.17, 15) is 9.59 Å². The zero-order valence-corrected chi connectivity index (χ0v) is 10.1. The summed E-state index contributed by atoms with van der Waals surface area (Å²) in [7, 11) is 1.56. The first kappa shape index (κ1) is 13.9. The molecule has 0 spiro atoms. The van der Waals surface area contributed by atoms with E-state index in [1.165, 1.54) is 0 Å². The Bertz CT molecular complexity index is 215. The van der Waals surface area contributed by atoms with Gasteiger partial charge < -0.3 is 10.6 Å². The van der Waals surface area contributed by atoms with Crippen molar-refractivity contribution >= 4 is 11.8 Å². The van der Waals surface area contributed by atoms with E-state index < -0.39 is 0 Å². The molecule has 0 rings (SSSR count). The van der Waals surface area contributed by atoms with Crippen LogP contribution in [0.25, 0.3) is 0 Å². The van der Waals surface area contributed by atoms with E-state index >= 15 is 0 Å². The Hall–Kier alpha value is -1.06. The lowest BCUT2D eigenvalue weighted by Crippen LogP contribution is -2.38. The lowest BCUT2D eigenvalue weighted by Gasteiger charge is -2.16. The first-order valence-corrected chi connectivity index (χ1v) is 5.49. The number of rotatable bonds is 6. The Morgan fingerprint density at radius 3 is 2.27 bits per heavy atom. The van der Waals surface area contributed by atoms with Crippen LogP contribution in [0.3, 0.4) is 0 Å². The Morgan fingerprint density at radius 1 is 1.27 bits per heavy atom. The van der Waals surface area contributed by atoms with Crippen LogP contribution in [-0.2, 0) is 9.59 Å². The largest absolute Gasteiger partial charge is 0.358 e. The predicted octanol–water partition coefficient (Wildman–Crippen LogP) is 0.921. The number of hydrogen-bond donors (Lipinski definition) is 2. The van der Waals surface area contributed by atoms with Crippen LogP contribution < -0.4 is 10.6 Å². The third-order valence-electron chi connectivity index (χ3n) is 2.32. The molecule has 0 fully saturated rings. The van der Waals surface area contributed by atoms with Crippen LogP contribution in [-0.4, -0.2) is 25.4 Å². The molecule has 2 amide bonds. The molecular weight excluding hydrogens is 192 g/mol. The lowest BCUT2D eigenvalue weighted by molar-refractivity contribution is -0.128. The van der Waals surface area contributed by atoms with Crippen LogP contribution >= 0.6 is 0 Å². The molecule has 0 radical (unpaired) electrons. The minimum Gasteiger partial charge on any atom is -0.358 e. The van der Waals surface area contributed by atoms with Gasteiger partial charge in [-0.25, -0.2) is 0 Å². The average molecular weight is 214 g/mol. The molecule has 4 nitrogen and oxygen atoms in total. The van der Waals surface area contributed by atoms with E-state index in [1.54, 1.807) is 7.05 Å². The second kappa shape index (κ2) is 7.26. The highest BCUT2D eigenvalue weighted by molar-refractivity contribution is 5.85. The van der Waals surface area contributed by atoms with Crippen LogP contribution in [0.1, 0.15) is 33.6 Å². The number of nitrogens with one attached hydrogen (secondary N) is 2. The van der Waals surface area contributed by atoms with Gasteiger partial charge in [0, 0.05) is 13.0 Å². The van der Waals surface area contributed by atoms with Crippen molar-refractivity contribution in [2.75, 3.05) is 13.6 Å². The summed E-state index contributed by atoms with van der Waals surface area (Å²) in [6.45, 7) is 6.25. The van der Waals surface area contributed by atoms with E-state index in [2.05, 4.69) is 24.5 Å². The van der Waals surface area contributed by atoms with E-state index in [0.29, 0.717) is 5.92 Å². The smallest absolute Gasteiger partial charge is 0.239 e. The quantitative estimate of drug-likeness (QED) is 0.691.